The molecular weight excluding hydrogens is 718 g/mol. The van der Waals surface area contributed by atoms with Crippen LogP contribution < -0.4 is 5.32 Å². The summed E-state index contributed by atoms with van der Waals surface area (Å²) in [5, 5.41) is 2.85. The van der Waals surface area contributed by atoms with Crippen LogP contribution in [-0.4, -0.2) is 59.2 Å². The van der Waals surface area contributed by atoms with Gasteiger partial charge in [-0.1, -0.05) is 99.7 Å². The smallest absolute Gasteiger partial charge is 0.256 e. The monoisotopic (exact) mass is 759 g/mol. The maximum atomic E-state index is 12.9. The topological polar surface area (TPSA) is 110 Å². The largest absolute Gasteiger partial charge is 0.411 e. The van der Waals surface area contributed by atoms with Gasteiger partial charge in [-0.15, -0.1) is 0 Å². The van der Waals surface area contributed by atoms with Gasteiger partial charge in [0.1, 0.15) is 18.7 Å². The Bertz CT molecular complexity index is 2060. The predicted molar refractivity (Wildman–Crippen MR) is 209 cm³/mol. The van der Waals surface area contributed by atoms with Crippen LogP contribution in [0.5, 0.6) is 0 Å². The predicted octanol–water partition coefficient (Wildman–Crippen LogP) is 8.76. The lowest BCUT2D eigenvalue weighted by molar-refractivity contribution is -0.0358. The van der Waals surface area contributed by atoms with Crippen molar-refractivity contribution in [3.63, 3.8) is 0 Å². The number of thiol groups is 1. The van der Waals surface area contributed by atoms with Crippen LogP contribution >= 0.6 is 17.9 Å². The third-order valence-electron chi connectivity index (χ3n) is 10.1. The van der Waals surface area contributed by atoms with E-state index in [0.29, 0.717) is 35.6 Å². The number of carbonyl (C=O) groups is 1. The summed E-state index contributed by atoms with van der Waals surface area (Å²) in [5.41, 5.74) is 3.40. The Morgan fingerprint density at radius 3 is 2.25 bits per heavy atom. The molecule has 266 valence electrons. The minimum atomic E-state index is -2.97. The van der Waals surface area contributed by atoms with Crippen molar-refractivity contribution in [2.75, 3.05) is 18.5 Å². The van der Waals surface area contributed by atoms with Crippen LogP contribution in [0, 0.1) is 0 Å². The van der Waals surface area contributed by atoms with E-state index in [1.807, 2.05) is 22.8 Å². The quantitative estimate of drug-likeness (QED) is 0.0776. The third-order valence-corrected chi connectivity index (χ3v) is 16.9. The summed E-state index contributed by atoms with van der Waals surface area (Å²) in [6, 6.07) is 25.8. The second-order valence-corrected chi connectivity index (χ2v) is 24.5. The molecule has 2 aliphatic rings. The van der Waals surface area contributed by atoms with Crippen molar-refractivity contribution in [1.29, 1.82) is 0 Å². The summed E-state index contributed by atoms with van der Waals surface area (Å²) in [5.74, 6) is 0.0736. The van der Waals surface area contributed by atoms with Gasteiger partial charge in [0.25, 0.3) is 5.91 Å². The van der Waals surface area contributed by atoms with Gasteiger partial charge in [-0.3, -0.25) is 9.36 Å². The number of hydrogen-bond acceptors (Lipinski definition) is 9. The van der Waals surface area contributed by atoms with Crippen LogP contribution in [0.1, 0.15) is 60.8 Å². The molecule has 4 atom stereocenters. The first-order valence-corrected chi connectivity index (χ1v) is 23.7. The second-order valence-electron chi connectivity index (χ2n) is 14.4. The zero-order valence-electron chi connectivity index (χ0n) is 29.2. The number of amides is 1. The number of ether oxygens (including phenoxy) is 1. The molecule has 0 radical (unpaired) electrons. The lowest BCUT2D eigenvalue weighted by Gasteiger charge is -2.39. The van der Waals surface area contributed by atoms with Crippen molar-refractivity contribution in [3.8, 4) is 11.1 Å². The molecule has 1 fully saturated rings. The van der Waals surface area contributed by atoms with Gasteiger partial charge < -0.3 is 23.5 Å². The van der Waals surface area contributed by atoms with Crippen LogP contribution in [0.4, 0.5) is 5.82 Å². The summed E-state index contributed by atoms with van der Waals surface area (Å²) >= 11 is 10.6. The van der Waals surface area contributed by atoms with E-state index in [2.05, 4.69) is 103 Å². The first-order valence-electron chi connectivity index (χ1n) is 17.0. The second kappa shape index (κ2) is 14.3. The maximum absolute atomic E-state index is 12.9. The summed E-state index contributed by atoms with van der Waals surface area (Å²) in [6.45, 7) is 11.6. The molecule has 1 aliphatic heterocycles. The fourth-order valence-corrected chi connectivity index (χ4v) is 9.31. The zero-order chi connectivity index (χ0) is 36.0. The van der Waals surface area contributed by atoms with E-state index in [1.165, 1.54) is 28.6 Å². The molecule has 7 rings (SSSR count). The minimum Gasteiger partial charge on any atom is -0.411 e. The number of nitrogens with zero attached hydrogens (tertiary/aromatic N) is 4. The van der Waals surface area contributed by atoms with E-state index >= 15 is 0 Å². The van der Waals surface area contributed by atoms with Crippen LogP contribution in [0.15, 0.2) is 91.5 Å². The number of hydrogen-bond donors (Lipinski definition) is 2. The molecule has 1 N–H and O–H groups in total. The van der Waals surface area contributed by atoms with E-state index in [4.69, 9.17) is 42.3 Å². The molecule has 5 aromatic rings. The first-order chi connectivity index (χ1) is 24.3. The van der Waals surface area contributed by atoms with E-state index in [9.17, 15) is 4.79 Å². The average molecular weight is 760 g/mol. The lowest BCUT2D eigenvalue weighted by Crippen LogP contribution is -2.46. The molecule has 3 heterocycles. The van der Waals surface area contributed by atoms with Gasteiger partial charge in [0.05, 0.1) is 25.6 Å². The molecule has 2 aromatic heterocycles. The maximum Gasteiger partial charge on any atom is 0.256 e. The number of imidazole rings is 1. The number of rotatable bonds is 11. The van der Waals surface area contributed by atoms with Crippen LogP contribution in [0.3, 0.4) is 0 Å². The molecule has 1 saturated heterocycles. The Hall–Kier alpha value is -3.26. The van der Waals surface area contributed by atoms with E-state index in [0.717, 1.165) is 0 Å². The van der Waals surface area contributed by atoms with Gasteiger partial charge in [-0.25, -0.2) is 15.0 Å². The molecule has 3 aromatic carbocycles. The highest BCUT2D eigenvalue weighted by molar-refractivity contribution is 8.60. The van der Waals surface area contributed by atoms with Gasteiger partial charge >= 0.3 is 0 Å². The van der Waals surface area contributed by atoms with E-state index in [-0.39, 0.29) is 29.6 Å². The highest BCUT2D eigenvalue weighted by atomic mass is 32.9. The molecule has 0 bridgehead atoms. The Labute approximate surface area is 309 Å². The van der Waals surface area contributed by atoms with Gasteiger partial charge in [-0.05, 0) is 64.3 Å². The lowest BCUT2D eigenvalue weighted by atomic mass is 9.98. The highest BCUT2D eigenvalue weighted by Gasteiger charge is 2.46. The van der Waals surface area contributed by atoms with E-state index < -0.39 is 26.3 Å². The van der Waals surface area contributed by atoms with Gasteiger partial charge in [0, 0.05) is 17.9 Å². The number of fused-ring (bicyclic) bond motifs is 4. The van der Waals surface area contributed by atoms with Crippen molar-refractivity contribution in [2.45, 2.75) is 69.7 Å². The van der Waals surface area contributed by atoms with Crippen LogP contribution in [0.2, 0.25) is 18.1 Å². The van der Waals surface area contributed by atoms with Gasteiger partial charge in [0.2, 0.25) is 5.69 Å². The number of nitrogens with one attached hydrogen (secondary N) is 1. The first kappa shape index (κ1) is 36.1. The van der Waals surface area contributed by atoms with Crippen molar-refractivity contribution in [2.24, 2.45) is 0 Å². The number of aromatic nitrogens is 4. The van der Waals surface area contributed by atoms with Crippen molar-refractivity contribution >= 4 is 61.0 Å². The van der Waals surface area contributed by atoms with Crippen molar-refractivity contribution in [3.05, 3.63) is 108 Å². The molecule has 14 heteroatoms. The molecule has 10 nitrogen and oxygen atoms in total. The summed E-state index contributed by atoms with van der Waals surface area (Å²) < 4.78 is 28.1. The van der Waals surface area contributed by atoms with Crippen LogP contribution in [-0.2, 0) is 30.0 Å². The fraction of sp³-hybridized carbons (Fsp3) is 0.351. The number of anilines is 1. The third kappa shape index (κ3) is 7.49. The Balaban J connectivity index is 1.08. The normalized spacial score (nSPS) is 20.2. The fourth-order valence-electron chi connectivity index (χ4n) is 6.44. The number of carbonyl (C=O) groups excluding carboxylic acids is 1. The Kier molecular flexibility index (Phi) is 10.1. The minimum absolute atomic E-state index is 0.0213. The summed E-state index contributed by atoms with van der Waals surface area (Å²) in [7, 11) is -2.22. The molecule has 1 amide bonds. The summed E-state index contributed by atoms with van der Waals surface area (Å²) in [4.78, 5) is 26.4. The van der Waals surface area contributed by atoms with Gasteiger partial charge in [0.15, 0.2) is 25.3 Å². The molecule has 0 spiro atoms. The molecule has 1 aliphatic carbocycles. The van der Waals surface area contributed by atoms with Crippen molar-refractivity contribution < 1.29 is 23.0 Å². The van der Waals surface area contributed by atoms with E-state index in [1.54, 1.807) is 18.5 Å². The molecular formula is C37H42N5O5PS2Si. The molecule has 51 heavy (non-hydrogen) atoms. The summed E-state index contributed by atoms with van der Waals surface area (Å²) in [6.07, 6.45) is 2.41. The number of benzene rings is 3. The Morgan fingerprint density at radius 2 is 1.59 bits per heavy atom. The highest BCUT2D eigenvalue weighted by Crippen LogP contribution is 2.56. The Morgan fingerprint density at radius 1 is 0.961 bits per heavy atom. The standard InChI is InChI=1S/C37H42N5O5PS2Si/c1-37(2,3)51(4,5)47-30-19-32(42-23-40-33-34(38-22-39-35(33)42)41-36(43)24-13-7-6-8-14-24)46-31(30)21-45-48(49,50)44-20-29-27-17-11-9-15-25(27)26-16-10-12-18-28(26)29/h6-18,22-23,29-32H,19-21H2,1-5H3,(H,49,50)(H,38,39,41,43)/t30-,31+,32+/m0/s1. The SMILES string of the molecule is CC(C)(C)[Si](C)(C)O[C@H]1C[C@H](n2cnc3c(NC(=O)c4ccccc4)ncnc32)O[C@@H]1COP(=S)(S)OCC1c2ccccc2-c2ccccc21. The average Bonchev–Trinajstić information content (AvgIpc) is 3.80. The van der Waals surface area contributed by atoms with Gasteiger partial charge in [-0.2, -0.15) is 0 Å². The molecule has 0 saturated carbocycles. The van der Waals surface area contributed by atoms with Crippen LogP contribution in [0.25, 0.3) is 22.3 Å². The van der Waals surface area contributed by atoms with Crippen molar-refractivity contribution in [1.82, 2.24) is 19.5 Å². The zero-order valence-corrected chi connectivity index (χ0v) is 32.8. The molecule has 1 unspecified atom stereocenters.